The first-order valence-corrected chi connectivity index (χ1v) is 8.25. The Balaban J connectivity index is 1.65. The van der Waals surface area contributed by atoms with E-state index in [1.165, 1.54) is 0 Å². The molecule has 0 unspecified atom stereocenters. The van der Waals surface area contributed by atoms with E-state index in [4.69, 9.17) is 4.74 Å². The zero-order valence-electron chi connectivity index (χ0n) is 14.3. The second-order valence-electron chi connectivity index (χ2n) is 7.66. The van der Waals surface area contributed by atoms with Crippen LogP contribution in [0.4, 0.5) is 10.6 Å². The minimum atomic E-state index is -0.580. The van der Waals surface area contributed by atoms with Crippen molar-refractivity contribution in [3.63, 3.8) is 0 Å². The molecular formula is C17H24N4O3. The molecule has 2 N–H and O–H groups in total. The maximum Gasteiger partial charge on any atom is 0.410 e. The van der Waals surface area contributed by atoms with E-state index in [0.29, 0.717) is 18.8 Å². The summed E-state index contributed by atoms with van der Waals surface area (Å²) in [6.45, 7) is 6.06. The first kappa shape index (κ1) is 16.5. The van der Waals surface area contributed by atoms with Gasteiger partial charge in [-0.3, -0.25) is 20.5 Å². The number of carbonyl (C=O) groups is 2. The number of aromatic nitrogens is 1. The largest absolute Gasteiger partial charge is 0.444 e. The number of anilines is 1. The van der Waals surface area contributed by atoms with Crippen LogP contribution in [0.1, 0.15) is 40.0 Å². The quantitative estimate of drug-likeness (QED) is 0.830. The molecule has 0 bridgehead atoms. The average Bonchev–Trinajstić information content (AvgIpc) is 3.14. The van der Waals surface area contributed by atoms with E-state index < -0.39 is 17.7 Å². The molecule has 2 aliphatic rings. The number of rotatable bonds is 3. The van der Waals surface area contributed by atoms with Crippen LogP contribution >= 0.6 is 0 Å². The molecule has 7 heteroatoms. The molecule has 2 heterocycles. The number of amides is 2. The van der Waals surface area contributed by atoms with Crippen LogP contribution in [0, 0.1) is 5.41 Å². The standard InChI is InChI=1S/C17H24N4O3/c1-16(2,3)24-15(23)21-11-17(7-8-17)10-12(21)14(22)20-19-13-6-4-5-9-18-13/h4-6,9,12H,7-8,10-11H2,1-3H3,(H,18,19)(H,20,22)/t12-/m0/s1. The van der Waals surface area contributed by atoms with Crippen LogP contribution in [0.25, 0.3) is 0 Å². The number of nitrogens with one attached hydrogen (secondary N) is 2. The van der Waals surface area contributed by atoms with Gasteiger partial charge in [0.05, 0.1) is 0 Å². The Morgan fingerprint density at radius 2 is 2.08 bits per heavy atom. The lowest BCUT2D eigenvalue weighted by Crippen LogP contribution is -2.48. The van der Waals surface area contributed by atoms with Crippen molar-refractivity contribution in [3.8, 4) is 0 Å². The van der Waals surface area contributed by atoms with Gasteiger partial charge in [0, 0.05) is 12.7 Å². The number of carbonyl (C=O) groups excluding carboxylic acids is 2. The highest BCUT2D eigenvalue weighted by atomic mass is 16.6. The van der Waals surface area contributed by atoms with E-state index in [-0.39, 0.29) is 11.3 Å². The molecule has 7 nitrogen and oxygen atoms in total. The van der Waals surface area contributed by atoms with Crippen LogP contribution in [0.2, 0.25) is 0 Å². The van der Waals surface area contributed by atoms with Crippen molar-refractivity contribution >= 4 is 17.8 Å². The number of pyridine rings is 1. The van der Waals surface area contributed by atoms with Gasteiger partial charge in [0.2, 0.25) is 0 Å². The summed E-state index contributed by atoms with van der Waals surface area (Å²) in [6, 6.07) is 4.86. The number of likely N-dealkylation sites (tertiary alicyclic amines) is 1. The third-order valence-corrected chi connectivity index (χ3v) is 4.37. The highest BCUT2D eigenvalue weighted by molar-refractivity contribution is 5.87. The Hall–Kier alpha value is -2.31. The lowest BCUT2D eigenvalue weighted by molar-refractivity contribution is -0.125. The number of ether oxygens (including phenoxy) is 1. The molecule has 3 rings (SSSR count). The molecule has 1 aliphatic heterocycles. The zero-order valence-corrected chi connectivity index (χ0v) is 14.3. The molecule has 1 spiro atoms. The molecule has 0 radical (unpaired) electrons. The van der Waals surface area contributed by atoms with Crippen LogP contribution < -0.4 is 10.9 Å². The molecule has 1 atom stereocenters. The predicted octanol–water partition coefficient (Wildman–Crippen LogP) is 2.31. The van der Waals surface area contributed by atoms with Gasteiger partial charge in [-0.1, -0.05) is 6.07 Å². The second-order valence-corrected chi connectivity index (χ2v) is 7.66. The Kier molecular flexibility index (Phi) is 4.11. The zero-order chi connectivity index (χ0) is 17.4. The fourth-order valence-electron chi connectivity index (χ4n) is 2.99. The van der Waals surface area contributed by atoms with Crippen LogP contribution in [0.15, 0.2) is 24.4 Å². The molecule has 1 saturated heterocycles. The molecule has 0 aromatic carbocycles. The third-order valence-electron chi connectivity index (χ3n) is 4.37. The Bertz CT molecular complexity index is 622. The highest BCUT2D eigenvalue weighted by Crippen LogP contribution is 2.55. The Labute approximate surface area is 141 Å². The first-order valence-electron chi connectivity index (χ1n) is 8.25. The van der Waals surface area contributed by atoms with Crippen molar-refractivity contribution in [2.45, 2.75) is 51.7 Å². The SMILES string of the molecule is CC(C)(C)OC(=O)N1CC2(CC2)C[C@H]1C(=O)NNc1ccccn1. The molecule has 1 saturated carbocycles. The topological polar surface area (TPSA) is 83.6 Å². The fraction of sp³-hybridized carbons (Fsp3) is 0.588. The normalized spacial score (nSPS) is 21.5. The monoisotopic (exact) mass is 332 g/mol. The summed E-state index contributed by atoms with van der Waals surface area (Å²) in [7, 11) is 0. The van der Waals surface area contributed by atoms with E-state index in [0.717, 1.165) is 12.8 Å². The van der Waals surface area contributed by atoms with Gasteiger partial charge in [0.1, 0.15) is 17.5 Å². The van der Waals surface area contributed by atoms with Crippen molar-refractivity contribution in [3.05, 3.63) is 24.4 Å². The van der Waals surface area contributed by atoms with Crippen LogP contribution in [-0.4, -0.2) is 40.1 Å². The molecule has 2 amide bonds. The average molecular weight is 332 g/mol. The van der Waals surface area contributed by atoms with Gasteiger partial charge in [-0.15, -0.1) is 0 Å². The van der Waals surface area contributed by atoms with Crippen molar-refractivity contribution in [1.82, 2.24) is 15.3 Å². The lowest BCUT2D eigenvalue weighted by atomic mass is 10.0. The molecule has 1 aromatic rings. The smallest absolute Gasteiger partial charge is 0.410 e. The highest BCUT2D eigenvalue weighted by Gasteiger charge is 2.56. The van der Waals surface area contributed by atoms with Gasteiger partial charge in [-0.25, -0.2) is 9.78 Å². The van der Waals surface area contributed by atoms with Gasteiger partial charge < -0.3 is 4.74 Å². The fourth-order valence-corrected chi connectivity index (χ4v) is 2.99. The van der Waals surface area contributed by atoms with Gasteiger partial charge in [0.25, 0.3) is 5.91 Å². The van der Waals surface area contributed by atoms with Gasteiger partial charge >= 0.3 is 6.09 Å². The summed E-state index contributed by atoms with van der Waals surface area (Å²) in [5.41, 5.74) is 4.96. The van der Waals surface area contributed by atoms with Gasteiger partial charge in [-0.05, 0) is 57.6 Å². The van der Waals surface area contributed by atoms with Crippen LogP contribution in [-0.2, 0) is 9.53 Å². The Morgan fingerprint density at radius 1 is 1.33 bits per heavy atom. The van der Waals surface area contributed by atoms with Gasteiger partial charge in [-0.2, -0.15) is 0 Å². The molecule has 24 heavy (non-hydrogen) atoms. The Morgan fingerprint density at radius 3 is 2.67 bits per heavy atom. The number of hydrogen-bond donors (Lipinski definition) is 2. The van der Waals surface area contributed by atoms with Crippen LogP contribution in [0.5, 0.6) is 0 Å². The molecule has 2 fully saturated rings. The van der Waals surface area contributed by atoms with Gasteiger partial charge in [0.15, 0.2) is 0 Å². The molecule has 1 aromatic heterocycles. The van der Waals surface area contributed by atoms with Crippen LogP contribution in [0.3, 0.4) is 0 Å². The number of hydrogen-bond acceptors (Lipinski definition) is 5. The van der Waals surface area contributed by atoms with Crippen molar-refractivity contribution in [2.75, 3.05) is 12.0 Å². The lowest BCUT2D eigenvalue weighted by Gasteiger charge is -2.28. The maximum atomic E-state index is 12.6. The number of hydrazine groups is 1. The minimum Gasteiger partial charge on any atom is -0.444 e. The molecular weight excluding hydrogens is 308 g/mol. The van der Waals surface area contributed by atoms with Crippen molar-refractivity contribution in [1.29, 1.82) is 0 Å². The summed E-state index contributed by atoms with van der Waals surface area (Å²) in [5.74, 6) is 0.309. The summed E-state index contributed by atoms with van der Waals surface area (Å²) >= 11 is 0. The summed E-state index contributed by atoms with van der Waals surface area (Å²) in [5, 5.41) is 0. The van der Waals surface area contributed by atoms with E-state index >= 15 is 0 Å². The first-order chi connectivity index (χ1) is 11.3. The molecule has 1 aliphatic carbocycles. The van der Waals surface area contributed by atoms with Crippen molar-refractivity contribution < 1.29 is 14.3 Å². The second kappa shape index (κ2) is 5.96. The summed E-state index contributed by atoms with van der Waals surface area (Å²) < 4.78 is 5.46. The summed E-state index contributed by atoms with van der Waals surface area (Å²) in [4.78, 5) is 30.7. The maximum absolute atomic E-state index is 12.6. The van der Waals surface area contributed by atoms with E-state index in [1.54, 1.807) is 23.2 Å². The van der Waals surface area contributed by atoms with Crippen molar-refractivity contribution in [2.24, 2.45) is 5.41 Å². The summed E-state index contributed by atoms with van der Waals surface area (Å²) in [6.07, 6.45) is 4.01. The molecule has 130 valence electrons. The van der Waals surface area contributed by atoms with E-state index in [9.17, 15) is 9.59 Å². The minimum absolute atomic E-state index is 0.101. The van der Waals surface area contributed by atoms with E-state index in [2.05, 4.69) is 15.8 Å². The predicted molar refractivity (Wildman–Crippen MR) is 89.0 cm³/mol. The number of nitrogens with zero attached hydrogens (tertiary/aromatic N) is 2. The van der Waals surface area contributed by atoms with E-state index in [1.807, 2.05) is 26.8 Å². The third kappa shape index (κ3) is 3.77.